The van der Waals surface area contributed by atoms with Gasteiger partial charge in [0.2, 0.25) is 41.4 Å². The average Bonchev–Trinajstić information content (AvgIpc) is 1.81. The number of aliphatic hydroxyl groups excluding tert-OH is 6. The Bertz CT molecular complexity index is 3070. The highest BCUT2D eigenvalue weighted by molar-refractivity contribution is 7.14. The first-order chi connectivity index (χ1) is 44.5. The largest absolute Gasteiger partial charge is 0.504 e. The molecule has 16 N–H and O–H groups in total. The Balaban J connectivity index is 0.913. The monoisotopic (exact) mass is 1320 g/mol. The molecule has 7 amide bonds. The quantitative estimate of drug-likeness (QED) is 0.0709. The first kappa shape index (κ1) is 70.6. The number of anilines is 1. The van der Waals surface area contributed by atoms with Crippen molar-refractivity contribution in [3.63, 3.8) is 0 Å². The van der Waals surface area contributed by atoms with Crippen molar-refractivity contribution in [3.8, 4) is 22.1 Å². The Kier molecular flexibility index (Phi) is 24.1. The van der Waals surface area contributed by atoms with E-state index in [1.165, 1.54) is 69.8 Å². The zero-order chi connectivity index (χ0) is 66.8. The summed E-state index contributed by atoms with van der Waals surface area (Å²) < 4.78 is 11.8. The van der Waals surface area contributed by atoms with Crippen LogP contribution in [0.1, 0.15) is 120 Å². The molecule has 2 saturated carbocycles. The number of methoxy groups -OCH3 is 1. The lowest BCUT2D eigenvalue weighted by Crippen LogP contribution is -2.64. The minimum absolute atomic E-state index is 0.00950. The Morgan fingerprint density at radius 2 is 1.47 bits per heavy atom. The number of nitrogens with zero attached hydrogens (tertiary/aromatic N) is 5. The van der Waals surface area contributed by atoms with Crippen molar-refractivity contribution >= 4 is 58.4 Å². The first-order valence-electron chi connectivity index (χ1n) is 32.8. The van der Waals surface area contributed by atoms with Crippen molar-refractivity contribution in [2.45, 2.75) is 195 Å². The van der Waals surface area contributed by atoms with Crippen LogP contribution in [0.2, 0.25) is 0 Å². The van der Waals surface area contributed by atoms with E-state index in [1.807, 2.05) is 7.11 Å². The molecule has 2 aromatic carbocycles. The number of fused-ring (bicyclic) bond motifs is 2. The lowest BCUT2D eigenvalue weighted by atomic mass is 9.72. The third-order valence-electron chi connectivity index (χ3n) is 19.8. The third kappa shape index (κ3) is 17.1. The molecule has 3 aromatic rings. The molecular formula is C64H94N12O16S. The zero-order valence-corrected chi connectivity index (χ0v) is 54.0. The number of phenolic OH excluding ortho intramolecular Hbond substituents is 1. The maximum Gasteiger partial charge on any atom is 0.248 e. The van der Waals surface area contributed by atoms with E-state index in [0.717, 1.165) is 77.0 Å². The number of carbonyl (C=O) groups is 7. The number of primary amides is 1. The Labute approximate surface area is 544 Å². The van der Waals surface area contributed by atoms with E-state index in [0.29, 0.717) is 5.92 Å². The number of ether oxygens (including phenoxy) is 2. The first-order valence-corrected chi connectivity index (χ1v) is 33.6. The Morgan fingerprint density at radius 1 is 0.796 bits per heavy atom. The van der Waals surface area contributed by atoms with E-state index >= 15 is 0 Å². The van der Waals surface area contributed by atoms with Gasteiger partial charge in [-0.05, 0) is 125 Å². The van der Waals surface area contributed by atoms with Gasteiger partial charge < -0.3 is 98.0 Å². The number of β-amino-alcohol motifs (C(OH)–C–C–N with tert-alkyl or cyclic N) is 1. The summed E-state index contributed by atoms with van der Waals surface area (Å²) in [4.78, 5) is 104. The van der Waals surface area contributed by atoms with E-state index in [9.17, 15) is 69.3 Å². The highest BCUT2D eigenvalue weighted by Crippen LogP contribution is 2.43. The summed E-state index contributed by atoms with van der Waals surface area (Å²) in [6.07, 6.45) is -0.889. The second-order valence-electron chi connectivity index (χ2n) is 26.3. The normalized spacial score (nSPS) is 30.0. The van der Waals surface area contributed by atoms with E-state index in [4.69, 9.17) is 20.9 Å². The lowest BCUT2D eigenvalue weighted by Gasteiger charge is -2.47. The molecule has 93 heavy (non-hydrogen) atoms. The average molecular weight is 1320 g/mol. The highest BCUT2D eigenvalue weighted by atomic mass is 32.1. The molecule has 6 aliphatic rings. The van der Waals surface area contributed by atoms with Gasteiger partial charge in [-0.3, -0.25) is 33.6 Å². The molecule has 0 unspecified atom stereocenters. The fraction of sp³-hybridized carbons (Fsp3) is 0.672. The number of benzene rings is 2. The molecule has 1 aromatic heterocycles. The van der Waals surface area contributed by atoms with Gasteiger partial charge in [0.15, 0.2) is 11.5 Å². The number of hydrogen-bond donors (Lipinski definition) is 14. The molecule has 5 heterocycles. The SMILES string of the molecule is COC1(C2CCCCC2)CCN(c2ccc(-c3nnc([C@H]4CC[C@H](CN[C@H]5C[C@@H](O)CNC(=O)[C@@H]6[C@@H](O)[C@@H](C)CN6C(=O)[C@H]([C@H](O)CC(N)=O)NC(=O)[C@H]([C@H](O)Cc6ccc(O)c(OCCN)c6)NC(=O)[C@@H]6C[C@@H](O)CN6C(=O)[C@H]([C@@H](C)O)NC5=O)CC4)s3)cc2)CC1. The number of phenols is 1. The number of nitrogens with one attached hydrogen (secondary N) is 5. The molecule has 0 spiro atoms. The standard InChI is InChI=1S/C64H94N12O16S/c1-34-32-76-54(55(34)84)59(88)68-31-42(78)27-44(67-30-36-9-12-38(13-10-36)60-72-73-61(93-60)39-14-16-41(17-15-39)74-22-19-64(91-3,20-23-74)40-7-5-4-6-8-40)56(85)69-51(35(2)77)62(89)75-33-43(79)28-45(75)57(86)70-52(58(87)71-53(63(76)90)48(82)29-50(66)83)47(81)25-37-11-18-46(80)49(26-37)92-24-21-65/h11,14-18,26,34-36,38,40,42-45,47-48,51-55,67,77-82,84H,4-10,12-13,19-25,27-33,65H2,1-3H3,(H2,66,83)(H,68,88)(H,69,85)(H,70,86)(H,71,87)/t34-,35+,36-,38-,42+,43+,44-,45-,47+,48+,51-,52-,53-,54-,55-/m0/s1. The van der Waals surface area contributed by atoms with Gasteiger partial charge in [0, 0.05) is 82.3 Å². The molecule has 29 heteroatoms. The number of carbonyl (C=O) groups excluding carboxylic acids is 7. The summed E-state index contributed by atoms with van der Waals surface area (Å²) in [5.74, 6) is -7.95. The van der Waals surface area contributed by atoms with Gasteiger partial charge >= 0.3 is 0 Å². The smallest absolute Gasteiger partial charge is 0.248 e. The minimum atomic E-state index is -2.13. The van der Waals surface area contributed by atoms with Gasteiger partial charge in [-0.15, -0.1) is 10.2 Å². The van der Waals surface area contributed by atoms with Crippen LogP contribution in [0.25, 0.3) is 10.6 Å². The van der Waals surface area contributed by atoms with Crippen molar-refractivity contribution in [1.29, 1.82) is 0 Å². The predicted molar refractivity (Wildman–Crippen MR) is 340 cm³/mol. The van der Waals surface area contributed by atoms with Crippen LogP contribution in [0, 0.1) is 17.8 Å². The van der Waals surface area contributed by atoms with Crippen molar-refractivity contribution in [3.05, 3.63) is 53.0 Å². The Hall–Kier alpha value is -6.67. The predicted octanol–water partition coefficient (Wildman–Crippen LogP) is -1.23. The second kappa shape index (κ2) is 31.7. The van der Waals surface area contributed by atoms with E-state index in [2.05, 4.69) is 65.9 Å². The van der Waals surface area contributed by atoms with Crippen LogP contribution < -0.4 is 47.7 Å². The van der Waals surface area contributed by atoms with E-state index < -0.39 is 152 Å². The molecular weight excluding hydrogens is 1220 g/mol. The number of aromatic hydroxyl groups is 1. The Morgan fingerprint density at radius 3 is 2.14 bits per heavy atom. The minimum Gasteiger partial charge on any atom is -0.504 e. The van der Waals surface area contributed by atoms with Crippen molar-refractivity contribution in [1.82, 2.24) is 46.6 Å². The summed E-state index contributed by atoms with van der Waals surface area (Å²) in [6.45, 7) is 3.61. The van der Waals surface area contributed by atoms with Crippen LogP contribution in [0.5, 0.6) is 11.5 Å². The van der Waals surface area contributed by atoms with Gasteiger partial charge in [-0.2, -0.15) is 0 Å². The third-order valence-corrected chi connectivity index (χ3v) is 21.0. The maximum absolute atomic E-state index is 14.7. The number of aromatic nitrogens is 2. The number of piperidine rings is 1. The summed E-state index contributed by atoms with van der Waals surface area (Å²) >= 11 is 1.57. The topological polar surface area (TPSA) is 427 Å². The van der Waals surface area contributed by atoms with Crippen LogP contribution in [0.15, 0.2) is 42.5 Å². The number of hydrogen-bond acceptors (Lipinski definition) is 22. The summed E-state index contributed by atoms with van der Waals surface area (Å²) in [5, 5.41) is 103. The van der Waals surface area contributed by atoms with E-state index in [1.54, 1.807) is 11.3 Å². The molecule has 0 radical (unpaired) electrons. The van der Waals surface area contributed by atoms with Gasteiger partial charge in [0.25, 0.3) is 0 Å². The number of nitrogens with two attached hydrogens (primary N) is 2. The van der Waals surface area contributed by atoms with Gasteiger partial charge in [0.05, 0.1) is 54.7 Å². The fourth-order valence-electron chi connectivity index (χ4n) is 14.4. The molecule has 512 valence electrons. The van der Waals surface area contributed by atoms with Crippen LogP contribution in [0.3, 0.4) is 0 Å². The molecule has 2 aliphatic carbocycles. The van der Waals surface area contributed by atoms with Gasteiger partial charge in [0.1, 0.15) is 46.8 Å². The number of aliphatic hydroxyl groups is 6. The molecule has 4 saturated heterocycles. The molecule has 13 atom stereocenters. The summed E-state index contributed by atoms with van der Waals surface area (Å²) in [6, 6.07) is 1.89. The summed E-state index contributed by atoms with van der Waals surface area (Å²) in [7, 11) is 1.88. The van der Waals surface area contributed by atoms with Crippen molar-refractivity contribution < 1.29 is 78.8 Å². The number of rotatable bonds is 18. The van der Waals surface area contributed by atoms with Crippen molar-refractivity contribution in [2.75, 3.05) is 64.4 Å². The molecule has 9 rings (SSSR count). The second-order valence-corrected chi connectivity index (χ2v) is 27.4. The number of amides is 7. The van der Waals surface area contributed by atoms with Crippen LogP contribution in [-0.2, 0) is 44.7 Å². The van der Waals surface area contributed by atoms with E-state index in [-0.39, 0.29) is 67.2 Å². The summed E-state index contributed by atoms with van der Waals surface area (Å²) in [5.41, 5.74) is 13.4. The highest BCUT2D eigenvalue weighted by Gasteiger charge is 2.50. The maximum atomic E-state index is 14.7. The van der Waals surface area contributed by atoms with Gasteiger partial charge in [-0.1, -0.05) is 43.6 Å². The molecule has 28 nitrogen and oxygen atoms in total. The molecule has 0 bridgehead atoms. The molecule has 6 fully saturated rings. The lowest BCUT2D eigenvalue weighted by molar-refractivity contribution is -0.147. The van der Waals surface area contributed by atoms with Crippen LogP contribution >= 0.6 is 11.3 Å². The van der Waals surface area contributed by atoms with Crippen molar-refractivity contribution in [2.24, 2.45) is 29.2 Å². The van der Waals surface area contributed by atoms with Crippen LogP contribution in [0.4, 0.5) is 5.69 Å². The molecule has 4 aliphatic heterocycles. The van der Waals surface area contributed by atoms with Crippen LogP contribution in [-0.4, -0.2) is 235 Å². The van der Waals surface area contributed by atoms with Gasteiger partial charge in [-0.25, -0.2) is 0 Å². The zero-order valence-electron chi connectivity index (χ0n) is 53.1. The fourth-order valence-corrected chi connectivity index (χ4v) is 15.4.